The van der Waals surface area contributed by atoms with Crippen LogP contribution in [0.15, 0.2) is 54.7 Å². The van der Waals surface area contributed by atoms with Gasteiger partial charge in [0.25, 0.3) is 0 Å². The van der Waals surface area contributed by atoms with E-state index in [4.69, 9.17) is 14.7 Å². The summed E-state index contributed by atoms with van der Waals surface area (Å²) in [5.41, 5.74) is 6.97. The maximum absolute atomic E-state index is 5.38. The Hall–Kier alpha value is -3.34. The zero-order valence-electron chi connectivity index (χ0n) is 16.1. The highest BCUT2D eigenvalue weighted by Crippen LogP contribution is 2.38. The molecule has 140 valence electrons. The Balaban J connectivity index is 1.58. The Kier molecular flexibility index (Phi) is 4.01. The summed E-state index contributed by atoms with van der Waals surface area (Å²) in [5, 5.41) is 0. The van der Waals surface area contributed by atoms with E-state index in [1.807, 2.05) is 19.1 Å². The van der Waals surface area contributed by atoms with Gasteiger partial charge in [-0.05, 0) is 42.7 Å². The number of ether oxygens (including phenoxy) is 1. The fourth-order valence-electron chi connectivity index (χ4n) is 4.02. The van der Waals surface area contributed by atoms with Crippen LogP contribution in [-0.2, 0) is 12.8 Å². The van der Waals surface area contributed by atoms with Crippen LogP contribution in [0.25, 0.3) is 11.0 Å². The second-order valence-corrected chi connectivity index (χ2v) is 7.19. The minimum atomic E-state index is 0.790. The summed E-state index contributed by atoms with van der Waals surface area (Å²) < 4.78 is 5.38. The molecule has 0 atom stereocenters. The van der Waals surface area contributed by atoms with Crippen LogP contribution in [0.2, 0.25) is 0 Å². The number of methoxy groups -OCH3 is 1. The van der Waals surface area contributed by atoms with Gasteiger partial charge in [-0.1, -0.05) is 30.3 Å². The van der Waals surface area contributed by atoms with Gasteiger partial charge in [-0.3, -0.25) is 0 Å². The molecule has 1 aliphatic rings. The summed E-state index contributed by atoms with van der Waals surface area (Å²) in [6.45, 7) is 2.87. The highest BCUT2D eigenvalue weighted by Gasteiger charge is 2.25. The van der Waals surface area contributed by atoms with Crippen molar-refractivity contribution < 1.29 is 4.74 Å². The number of nitrogens with one attached hydrogen (secondary N) is 1. The Labute approximate surface area is 164 Å². The standard InChI is InChI=1S/C23H22N4O/c1-15-25-21-18(12-16-6-4-3-5-7-16)14-24-22(21)23(26-15)27-11-10-17-13-19(28-2)8-9-20(17)27/h3-9,13-14,24H,10-12H2,1-2H3. The number of H-pyrrole nitrogens is 1. The molecule has 0 radical (unpaired) electrons. The lowest BCUT2D eigenvalue weighted by atomic mass is 10.1. The number of nitrogens with zero attached hydrogens (tertiary/aromatic N) is 3. The summed E-state index contributed by atoms with van der Waals surface area (Å²) in [5.74, 6) is 2.64. The van der Waals surface area contributed by atoms with Crippen LogP contribution in [0.5, 0.6) is 5.75 Å². The van der Waals surface area contributed by atoms with Crippen molar-refractivity contribution in [3.05, 3.63) is 77.2 Å². The quantitative estimate of drug-likeness (QED) is 0.572. The third-order valence-corrected chi connectivity index (χ3v) is 5.37. The van der Waals surface area contributed by atoms with Crippen molar-refractivity contribution in [2.75, 3.05) is 18.6 Å². The average Bonchev–Trinajstić information content (AvgIpc) is 3.32. The number of benzene rings is 2. The van der Waals surface area contributed by atoms with Gasteiger partial charge in [-0.2, -0.15) is 0 Å². The largest absolute Gasteiger partial charge is 0.497 e. The summed E-state index contributed by atoms with van der Waals surface area (Å²) in [7, 11) is 1.71. The summed E-state index contributed by atoms with van der Waals surface area (Å²) in [6.07, 6.45) is 3.90. The number of aromatic nitrogens is 3. The van der Waals surface area contributed by atoms with Gasteiger partial charge in [-0.15, -0.1) is 0 Å². The first-order chi connectivity index (χ1) is 13.7. The number of aromatic amines is 1. The first kappa shape index (κ1) is 16.8. The molecular weight excluding hydrogens is 348 g/mol. The minimum Gasteiger partial charge on any atom is -0.497 e. The summed E-state index contributed by atoms with van der Waals surface area (Å²) >= 11 is 0. The molecule has 5 nitrogen and oxygen atoms in total. The molecule has 0 spiro atoms. The third-order valence-electron chi connectivity index (χ3n) is 5.37. The van der Waals surface area contributed by atoms with Gasteiger partial charge in [0.1, 0.15) is 17.1 Å². The smallest absolute Gasteiger partial charge is 0.161 e. The molecule has 0 aliphatic carbocycles. The summed E-state index contributed by atoms with van der Waals surface area (Å²) in [4.78, 5) is 15.3. The van der Waals surface area contributed by atoms with E-state index < -0.39 is 0 Å². The molecule has 28 heavy (non-hydrogen) atoms. The van der Waals surface area contributed by atoms with Crippen LogP contribution in [0, 0.1) is 6.92 Å². The number of hydrogen-bond donors (Lipinski definition) is 1. The molecule has 5 heteroatoms. The Bertz CT molecular complexity index is 1150. The SMILES string of the molecule is COc1ccc2c(c1)CCN2c1nc(C)nc2c(Cc3ccccc3)c[nH]c12. The van der Waals surface area contributed by atoms with E-state index in [0.717, 1.165) is 47.8 Å². The van der Waals surface area contributed by atoms with Crippen molar-refractivity contribution in [3.8, 4) is 5.75 Å². The second kappa shape index (κ2) is 6.68. The second-order valence-electron chi connectivity index (χ2n) is 7.19. The van der Waals surface area contributed by atoms with E-state index in [1.54, 1.807) is 7.11 Å². The van der Waals surface area contributed by atoms with Gasteiger partial charge in [0, 0.05) is 30.4 Å². The Morgan fingerprint density at radius 1 is 1.11 bits per heavy atom. The van der Waals surface area contributed by atoms with Crippen LogP contribution in [0.3, 0.4) is 0 Å². The van der Waals surface area contributed by atoms with Gasteiger partial charge in [0.05, 0.1) is 12.6 Å². The lowest BCUT2D eigenvalue weighted by Gasteiger charge is -2.19. The van der Waals surface area contributed by atoms with Gasteiger partial charge in [0.15, 0.2) is 5.82 Å². The maximum Gasteiger partial charge on any atom is 0.161 e. The van der Waals surface area contributed by atoms with Crippen LogP contribution in [0.4, 0.5) is 11.5 Å². The molecule has 1 aliphatic heterocycles. The van der Waals surface area contributed by atoms with E-state index in [-0.39, 0.29) is 0 Å². The third kappa shape index (κ3) is 2.80. The van der Waals surface area contributed by atoms with Crippen LogP contribution < -0.4 is 9.64 Å². The predicted octanol–water partition coefficient (Wildman–Crippen LogP) is 4.56. The zero-order chi connectivity index (χ0) is 19.1. The van der Waals surface area contributed by atoms with E-state index in [9.17, 15) is 0 Å². The van der Waals surface area contributed by atoms with Crippen molar-refractivity contribution in [2.24, 2.45) is 0 Å². The highest BCUT2D eigenvalue weighted by molar-refractivity contribution is 5.92. The number of rotatable bonds is 4. The molecule has 0 amide bonds. The van der Waals surface area contributed by atoms with Crippen LogP contribution >= 0.6 is 0 Å². The lowest BCUT2D eigenvalue weighted by Crippen LogP contribution is -2.16. The van der Waals surface area contributed by atoms with Crippen molar-refractivity contribution in [3.63, 3.8) is 0 Å². The molecule has 0 saturated carbocycles. The van der Waals surface area contributed by atoms with Crippen molar-refractivity contribution in [2.45, 2.75) is 19.8 Å². The highest BCUT2D eigenvalue weighted by atomic mass is 16.5. The number of fused-ring (bicyclic) bond motifs is 2. The van der Waals surface area contributed by atoms with E-state index in [2.05, 4.69) is 52.5 Å². The molecule has 2 aromatic heterocycles. The maximum atomic E-state index is 5.38. The van der Waals surface area contributed by atoms with Crippen molar-refractivity contribution in [1.82, 2.24) is 15.0 Å². The molecule has 1 N–H and O–H groups in total. The minimum absolute atomic E-state index is 0.790. The van der Waals surface area contributed by atoms with E-state index in [0.29, 0.717) is 0 Å². The van der Waals surface area contributed by atoms with E-state index >= 15 is 0 Å². The Morgan fingerprint density at radius 3 is 2.79 bits per heavy atom. The molecular formula is C23H22N4O. The molecule has 0 unspecified atom stereocenters. The average molecular weight is 370 g/mol. The molecule has 0 bridgehead atoms. The normalized spacial score (nSPS) is 13.1. The Morgan fingerprint density at radius 2 is 1.96 bits per heavy atom. The van der Waals surface area contributed by atoms with E-state index in [1.165, 1.54) is 22.4 Å². The first-order valence-electron chi connectivity index (χ1n) is 9.56. The fraction of sp³-hybridized carbons (Fsp3) is 0.217. The molecule has 5 rings (SSSR count). The zero-order valence-corrected chi connectivity index (χ0v) is 16.1. The van der Waals surface area contributed by atoms with Crippen LogP contribution in [0.1, 0.15) is 22.5 Å². The van der Waals surface area contributed by atoms with Gasteiger partial charge < -0.3 is 14.6 Å². The molecule has 3 heterocycles. The van der Waals surface area contributed by atoms with Gasteiger partial charge in [0.2, 0.25) is 0 Å². The monoisotopic (exact) mass is 370 g/mol. The van der Waals surface area contributed by atoms with Gasteiger partial charge in [-0.25, -0.2) is 9.97 Å². The first-order valence-corrected chi connectivity index (χ1v) is 9.56. The number of aryl methyl sites for hydroxylation is 1. The predicted molar refractivity (Wildman–Crippen MR) is 112 cm³/mol. The van der Waals surface area contributed by atoms with Gasteiger partial charge >= 0.3 is 0 Å². The molecule has 2 aromatic carbocycles. The molecule has 0 saturated heterocycles. The fourth-order valence-corrected chi connectivity index (χ4v) is 4.02. The number of hydrogen-bond acceptors (Lipinski definition) is 4. The molecule has 0 fully saturated rings. The van der Waals surface area contributed by atoms with Crippen LogP contribution in [-0.4, -0.2) is 28.6 Å². The topological polar surface area (TPSA) is 54.0 Å². The summed E-state index contributed by atoms with van der Waals surface area (Å²) in [6, 6.07) is 16.8. The number of anilines is 2. The van der Waals surface area contributed by atoms with Crippen molar-refractivity contribution >= 4 is 22.5 Å². The lowest BCUT2D eigenvalue weighted by molar-refractivity contribution is 0.414. The van der Waals surface area contributed by atoms with Crippen molar-refractivity contribution in [1.29, 1.82) is 0 Å². The molecule has 4 aromatic rings.